The highest BCUT2D eigenvalue weighted by atomic mass is 16.2. The first-order chi connectivity index (χ1) is 10.6. The first kappa shape index (κ1) is 13.1. The molecule has 22 heavy (non-hydrogen) atoms. The van der Waals surface area contributed by atoms with Gasteiger partial charge in [0.25, 0.3) is 5.91 Å². The van der Waals surface area contributed by atoms with E-state index in [0.717, 1.165) is 10.9 Å². The number of H-pyrrole nitrogens is 1. The van der Waals surface area contributed by atoms with Gasteiger partial charge in [-0.05, 0) is 12.1 Å². The zero-order chi connectivity index (χ0) is 15.3. The summed E-state index contributed by atoms with van der Waals surface area (Å²) in [5.41, 5.74) is 1.46. The molecule has 1 aromatic carbocycles. The molecule has 2 aliphatic heterocycles. The molecule has 1 aromatic heterocycles. The third-order valence-electron chi connectivity index (χ3n) is 4.37. The Kier molecular flexibility index (Phi) is 2.79. The van der Waals surface area contributed by atoms with Crippen LogP contribution in [0.3, 0.4) is 0 Å². The normalized spacial score (nSPS) is 19.1. The van der Waals surface area contributed by atoms with Crippen molar-refractivity contribution in [3.63, 3.8) is 0 Å². The Morgan fingerprint density at radius 1 is 1.09 bits per heavy atom. The Balaban J connectivity index is 1.47. The van der Waals surface area contributed by atoms with Gasteiger partial charge in [-0.3, -0.25) is 19.3 Å². The molecule has 0 atom stereocenters. The number of fused-ring (bicyclic) bond motifs is 1. The summed E-state index contributed by atoms with van der Waals surface area (Å²) in [6.45, 7) is 0.845. The monoisotopic (exact) mass is 297 g/mol. The molecular formula is C16H15N3O3. The van der Waals surface area contributed by atoms with Gasteiger partial charge in [0.1, 0.15) is 5.69 Å². The fourth-order valence-electron chi connectivity index (χ4n) is 3.14. The maximum atomic E-state index is 12.4. The van der Waals surface area contributed by atoms with Crippen LogP contribution in [-0.2, 0) is 9.59 Å². The van der Waals surface area contributed by atoms with E-state index in [2.05, 4.69) is 4.98 Å². The number of carbonyl (C=O) groups excluding carboxylic acids is 3. The van der Waals surface area contributed by atoms with Crippen molar-refractivity contribution >= 4 is 28.6 Å². The van der Waals surface area contributed by atoms with Gasteiger partial charge in [0.15, 0.2) is 0 Å². The number of aromatic amines is 1. The molecule has 6 nitrogen and oxygen atoms in total. The van der Waals surface area contributed by atoms with Crippen molar-refractivity contribution in [1.29, 1.82) is 0 Å². The van der Waals surface area contributed by atoms with Gasteiger partial charge in [0.05, 0.1) is 6.04 Å². The second kappa shape index (κ2) is 4.69. The van der Waals surface area contributed by atoms with Gasteiger partial charge in [-0.2, -0.15) is 0 Å². The molecule has 112 valence electrons. The third kappa shape index (κ3) is 1.91. The number of nitrogens with zero attached hydrogens (tertiary/aromatic N) is 2. The van der Waals surface area contributed by atoms with Crippen molar-refractivity contribution < 1.29 is 14.4 Å². The molecule has 2 aromatic rings. The van der Waals surface area contributed by atoms with Crippen LogP contribution in [0.25, 0.3) is 10.9 Å². The average molecular weight is 297 g/mol. The van der Waals surface area contributed by atoms with Gasteiger partial charge >= 0.3 is 0 Å². The summed E-state index contributed by atoms with van der Waals surface area (Å²) in [6.07, 6.45) is 0.594. The Morgan fingerprint density at radius 2 is 1.77 bits per heavy atom. The maximum Gasteiger partial charge on any atom is 0.270 e. The number of hydrogen-bond donors (Lipinski definition) is 1. The molecule has 2 aliphatic rings. The lowest BCUT2D eigenvalue weighted by molar-refractivity contribution is -0.144. The predicted octanol–water partition coefficient (Wildman–Crippen LogP) is 1.14. The number of likely N-dealkylation sites (tertiary alicyclic amines) is 2. The summed E-state index contributed by atoms with van der Waals surface area (Å²) >= 11 is 0. The molecule has 2 fully saturated rings. The van der Waals surface area contributed by atoms with E-state index in [1.807, 2.05) is 30.3 Å². The van der Waals surface area contributed by atoms with Crippen molar-refractivity contribution in [3.05, 3.63) is 36.0 Å². The number of amides is 3. The van der Waals surface area contributed by atoms with Crippen LogP contribution in [0.4, 0.5) is 0 Å². The first-order valence-electron chi connectivity index (χ1n) is 7.35. The highest BCUT2D eigenvalue weighted by Gasteiger charge is 2.43. The highest BCUT2D eigenvalue weighted by molar-refractivity contribution is 6.03. The van der Waals surface area contributed by atoms with Gasteiger partial charge < -0.3 is 9.88 Å². The SMILES string of the molecule is O=C(c1cc2ccccc2[nH]1)N1CC(N2C(=O)CCC2=O)C1. The molecule has 3 amide bonds. The maximum absolute atomic E-state index is 12.4. The standard InChI is InChI=1S/C16H15N3O3/c20-14-5-6-15(21)19(14)11-8-18(9-11)16(22)13-7-10-3-1-2-4-12(10)17-13/h1-4,7,11,17H,5-6,8-9H2. The van der Waals surface area contributed by atoms with E-state index < -0.39 is 0 Å². The van der Waals surface area contributed by atoms with Gasteiger partial charge in [-0.1, -0.05) is 18.2 Å². The number of aromatic nitrogens is 1. The summed E-state index contributed by atoms with van der Waals surface area (Å²) < 4.78 is 0. The molecule has 3 heterocycles. The lowest BCUT2D eigenvalue weighted by Gasteiger charge is -2.42. The van der Waals surface area contributed by atoms with E-state index in [-0.39, 0.29) is 23.8 Å². The minimum atomic E-state index is -0.157. The number of carbonyl (C=O) groups is 3. The molecule has 6 heteroatoms. The molecule has 4 rings (SSSR count). The molecule has 2 saturated heterocycles. The number of para-hydroxylation sites is 1. The quantitative estimate of drug-likeness (QED) is 0.845. The van der Waals surface area contributed by atoms with Crippen LogP contribution in [-0.4, -0.2) is 51.6 Å². The first-order valence-corrected chi connectivity index (χ1v) is 7.35. The van der Waals surface area contributed by atoms with Crippen molar-refractivity contribution in [3.8, 4) is 0 Å². The van der Waals surface area contributed by atoms with Crippen molar-refractivity contribution in [2.24, 2.45) is 0 Å². The lowest BCUT2D eigenvalue weighted by Crippen LogP contribution is -2.62. The Labute approximate surface area is 126 Å². The summed E-state index contributed by atoms with van der Waals surface area (Å²) in [4.78, 5) is 41.9. The molecule has 0 radical (unpaired) electrons. The fourth-order valence-corrected chi connectivity index (χ4v) is 3.14. The number of hydrogen-bond acceptors (Lipinski definition) is 3. The Bertz CT molecular complexity index is 740. The van der Waals surface area contributed by atoms with Crippen LogP contribution in [0.1, 0.15) is 23.3 Å². The number of rotatable bonds is 2. The van der Waals surface area contributed by atoms with Crippen LogP contribution in [0.2, 0.25) is 0 Å². The van der Waals surface area contributed by atoms with Crippen LogP contribution in [0, 0.1) is 0 Å². The summed E-state index contributed by atoms with van der Waals surface area (Å²) in [7, 11) is 0. The van der Waals surface area contributed by atoms with Crippen LogP contribution in [0.15, 0.2) is 30.3 Å². The van der Waals surface area contributed by atoms with Gasteiger partial charge in [-0.25, -0.2) is 0 Å². The summed E-state index contributed by atoms with van der Waals surface area (Å²) in [6, 6.07) is 9.38. The zero-order valence-corrected chi connectivity index (χ0v) is 11.9. The second-order valence-electron chi connectivity index (χ2n) is 5.79. The molecule has 0 unspecified atom stereocenters. The van der Waals surface area contributed by atoms with E-state index in [4.69, 9.17) is 0 Å². The number of benzene rings is 1. The molecule has 0 spiro atoms. The minimum Gasteiger partial charge on any atom is -0.351 e. The van der Waals surface area contributed by atoms with Gasteiger partial charge in [0, 0.05) is 36.8 Å². The van der Waals surface area contributed by atoms with Crippen molar-refractivity contribution in [2.45, 2.75) is 18.9 Å². The molecule has 0 bridgehead atoms. The minimum absolute atomic E-state index is 0.0912. The van der Waals surface area contributed by atoms with E-state index >= 15 is 0 Å². The van der Waals surface area contributed by atoms with Crippen LogP contribution in [0.5, 0.6) is 0 Å². The molecule has 0 saturated carbocycles. The second-order valence-corrected chi connectivity index (χ2v) is 5.79. The Morgan fingerprint density at radius 3 is 2.45 bits per heavy atom. The van der Waals surface area contributed by atoms with Crippen LogP contribution < -0.4 is 0 Å². The largest absolute Gasteiger partial charge is 0.351 e. The van der Waals surface area contributed by atoms with Crippen molar-refractivity contribution in [2.75, 3.05) is 13.1 Å². The predicted molar refractivity (Wildman–Crippen MR) is 79.1 cm³/mol. The van der Waals surface area contributed by atoms with Crippen LogP contribution >= 0.6 is 0 Å². The molecule has 1 N–H and O–H groups in total. The zero-order valence-electron chi connectivity index (χ0n) is 11.9. The summed E-state index contributed by atoms with van der Waals surface area (Å²) in [5.74, 6) is -0.327. The fraction of sp³-hybridized carbons (Fsp3) is 0.312. The van der Waals surface area contributed by atoms with E-state index in [1.165, 1.54) is 4.90 Å². The molecular weight excluding hydrogens is 282 g/mol. The number of nitrogens with one attached hydrogen (secondary N) is 1. The van der Waals surface area contributed by atoms with Crippen molar-refractivity contribution in [1.82, 2.24) is 14.8 Å². The average Bonchev–Trinajstić information content (AvgIpc) is 3.03. The van der Waals surface area contributed by atoms with Gasteiger partial charge in [0.2, 0.25) is 11.8 Å². The summed E-state index contributed by atoms with van der Waals surface area (Å²) in [5, 5.41) is 0.993. The number of imide groups is 1. The van der Waals surface area contributed by atoms with E-state index in [1.54, 1.807) is 4.90 Å². The van der Waals surface area contributed by atoms with Gasteiger partial charge in [-0.15, -0.1) is 0 Å². The molecule has 0 aliphatic carbocycles. The topological polar surface area (TPSA) is 73.5 Å². The smallest absolute Gasteiger partial charge is 0.270 e. The lowest BCUT2D eigenvalue weighted by atomic mass is 10.1. The van der Waals surface area contributed by atoms with E-state index in [9.17, 15) is 14.4 Å². The Hall–Kier alpha value is -2.63. The third-order valence-corrected chi connectivity index (χ3v) is 4.37. The highest BCUT2D eigenvalue weighted by Crippen LogP contribution is 2.24. The van der Waals surface area contributed by atoms with E-state index in [0.29, 0.717) is 31.6 Å².